The van der Waals surface area contributed by atoms with Gasteiger partial charge >= 0.3 is 0 Å². The van der Waals surface area contributed by atoms with Gasteiger partial charge in [0, 0.05) is 18.2 Å². The molecule has 4 rings (SSSR count). The largest absolute Gasteiger partial charge is 0.367 e. The number of ether oxygens (including phenoxy) is 1. The van der Waals surface area contributed by atoms with Crippen molar-refractivity contribution in [3.63, 3.8) is 0 Å². The summed E-state index contributed by atoms with van der Waals surface area (Å²) in [5, 5.41) is 27.1. The van der Waals surface area contributed by atoms with Gasteiger partial charge in [0.05, 0.1) is 23.3 Å². The molecule has 3 heterocycles. The van der Waals surface area contributed by atoms with Gasteiger partial charge in [-0.1, -0.05) is 35.0 Å². The molecule has 172 valence electrons. The summed E-state index contributed by atoms with van der Waals surface area (Å²) in [6.45, 7) is 5.72. The van der Waals surface area contributed by atoms with Crippen molar-refractivity contribution >= 4 is 11.6 Å². The number of aromatic nitrogens is 6. The molecule has 1 atom stereocenters. The minimum absolute atomic E-state index is 0.0463. The number of rotatable bonds is 8. The monoisotopic (exact) mass is 472 g/mol. The fraction of sp³-hybridized carbons (Fsp3) is 0.318. The summed E-state index contributed by atoms with van der Waals surface area (Å²) >= 11 is 6.26. The van der Waals surface area contributed by atoms with Crippen LogP contribution in [0, 0.1) is 5.82 Å². The fourth-order valence-electron chi connectivity index (χ4n) is 3.30. The molecule has 1 unspecified atom stereocenters. The van der Waals surface area contributed by atoms with E-state index in [0.717, 1.165) is 0 Å². The molecule has 0 amide bonds. The lowest BCUT2D eigenvalue weighted by atomic mass is 9.88. The molecule has 0 aliphatic rings. The lowest BCUT2D eigenvalue weighted by molar-refractivity contribution is -0.136. The molecular weight excluding hydrogens is 451 g/mol. The Labute approximate surface area is 194 Å². The van der Waals surface area contributed by atoms with E-state index in [1.54, 1.807) is 55.8 Å². The Kier molecular flexibility index (Phi) is 6.50. The maximum Gasteiger partial charge on any atom is 0.202 e. The van der Waals surface area contributed by atoms with Crippen molar-refractivity contribution in [1.82, 2.24) is 30.1 Å². The van der Waals surface area contributed by atoms with Crippen molar-refractivity contribution in [1.29, 1.82) is 0 Å². The SMILES string of the molecule is CCOC(O)C(C)(C)c1nc(-c2cc(-c3ccon3)n(Cc3ccccc3F)n2)nnc1Cl. The summed E-state index contributed by atoms with van der Waals surface area (Å²) in [6, 6.07) is 9.83. The van der Waals surface area contributed by atoms with E-state index in [4.69, 9.17) is 20.9 Å². The molecular formula is C22H22ClFN6O3. The van der Waals surface area contributed by atoms with Crippen LogP contribution < -0.4 is 0 Å². The van der Waals surface area contributed by atoms with Crippen LogP contribution in [0.5, 0.6) is 0 Å². The molecule has 9 nitrogen and oxygen atoms in total. The third kappa shape index (κ3) is 4.63. The lowest BCUT2D eigenvalue weighted by Gasteiger charge is -2.29. The second-order valence-corrected chi connectivity index (χ2v) is 8.21. The summed E-state index contributed by atoms with van der Waals surface area (Å²) in [5.74, 6) is -0.165. The highest BCUT2D eigenvalue weighted by Crippen LogP contribution is 2.32. The number of hydrogen-bond donors (Lipinski definition) is 1. The van der Waals surface area contributed by atoms with Gasteiger partial charge in [0.25, 0.3) is 0 Å². The Morgan fingerprint density at radius 3 is 2.70 bits per heavy atom. The number of hydrogen-bond acceptors (Lipinski definition) is 8. The van der Waals surface area contributed by atoms with E-state index < -0.39 is 11.7 Å². The standard InChI is InChI=1S/C22H22ClFN6O3/c1-4-32-21(31)22(2,3)18-19(23)26-27-20(25-18)16-11-17(15-9-10-33-29-15)30(28-16)12-13-7-5-6-8-14(13)24/h5-11,21,31H,4,12H2,1-3H3. The average Bonchev–Trinajstić information content (AvgIpc) is 3.46. The Morgan fingerprint density at radius 1 is 1.21 bits per heavy atom. The first-order chi connectivity index (χ1) is 15.8. The fourth-order valence-corrected chi connectivity index (χ4v) is 3.62. The van der Waals surface area contributed by atoms with E-state index in [0.29, 0.717) is 34.9 Å². The summed E-state index contributed by atoms with van der Waals surface area (Å²) in [7, 11) is 0. The summed E-state index contributed by atoms with van der Waals surface area (Å²) in [6.07, 6.45) is 0.278. The first kappa shape index (κ1) is 23.0. The predicted molar refractivity (Wildman–Crippen MR) is 118 cm³/mol. The van der Waals surface area contributed by atoms with Gasteiger partial charge < -0.3 is 14.4 Å². The van der Waals surface area contributed by atoms with Gasteiger partial charge in [-0.25, -0.2) is 9.37 Å². The third-order valence-electron chi connectivity index (χ3n) is 5.19. The molecule has 0 saturated heterocycles. The first-order valence-electron chi connectivity index (χ1n) is 10.2. The molecule has 4 aromatic rings. The van der Waals surface area contributed by atoms with Crippen molar-refractivity contribution in [2.45, 2.75) is 39.0 Å². The van der Waals surface area contributed by atoms with Crippen LogP contribution in [0.15, 0.2) is 47.2 Å². The minimum atomic E-state index is -1.16. The second-order valence-electron chi connectivity index (χ2n) is 7.85. The molecule has 0 saturated carbocycles. The molecule has 1 aromatic carbocycles. The van der Waals surface area contributed by atoms with E-state index in [2.05, 4.69) is 25.4 Å². The maximum absolute atomic E-state index is 14.3. The molecule has 3 aromatic heterocycles. The van der Waals surface area contributed by atoms with E-state index in [-0.39, 0.29) is 23.3 Å². The molecule has 1 N–H and O–H groups in total. The van der Waals surface area contributed by atoms with Gasteiger partial charge in [0.2, 0.25) is 5.82 Å². The summed E-state index contributed by atoms with van der Waals surface area (Å²) < 4.78 is 26.2. The molecule has 0 aliphatic carbocycles. The van der Waals surface area contributed by atoms with Gasteiger partial charge in [-0.3, -0.25) is 4.68 Å². The average molecular weight is 473 g/mol. The number of aliphatic hydroxyl groups excluding tert-OH is 1. The van der Waals surface area contributed by atoms with Crippen LogP contribution in [0.2, 0.25) is 5.15 Å². The Balaban J connectivity index is 1.78. The Hall–Kier alpha value is -3.21. The highest BCUT2D eigenvalue weighted by Gasteiger charge is 2.35. The normalized spacial score (nSPS) is 12.8. The quantitative estimate of drug-likeness (QED) is 0.385. The number of nitrogens with zero attached hydrogens (tertiary/aromatic N) is 6. The predicted octanol–water partition coefficient (Wildman–Crippen LogP) is 3.86. The van der Waals surface area contributed by atoms with Crippen LogP contribution in [0.4, 0.5) is 4.39 Å². The summed E-state index contributed by atoms with van der Waals surface area (Å²) in [5.41, 5.74) is 1.25. The first-order valence-corrected chi connectivity index (χ1v) is 10.6. The van der Waals surface area contributed by atoms with Crippen LogP contribution >= 0.6 is 11.6 Å². The molecule has 0 bridgehead atoms. The maximum atomic E-state index is 14.3. The van der Waals surface area contributed by atoms with Gasteiger partial charge in [0.15, 0.2) is 11.4 Å². The van der Waals surface area contributed by atoms with Gasteiger partial charge in [-0.15, -0.1) is 10.2 Å². The highest BCUT2D eigenvalue weighted by molar-refractivity contribution is 6.30. The topological polar surface area (TPSA) is 112 Å². The smallest absolute Gasteiger partial charge is 0.202 e. The van der Waals surface area contributed by atoms with Crippen molar-refractivity contribution in [2.75, 3.05) is 6.61 Å². The van der Waals surface area contributed by atoms with Crippen molar-refractivity contribution in [3.05, 3.63) is 64.9 Å². The third-order valence-corrected chi connectivity index (χ3v) is 5.44. The van der Waals surface area contributed by atoms with E-state index in [1.807, 2.05) is 0 Å². The zero-order valence-corrected chi connectivity index (χ0v) is 19.0. The zero-order valence-electron chi connectivity index (χ0n) is 18.2. The Morgan fingerprint density at radius 2 is 2.00 bits per heavy atom. The highest BCUT2D eigenvalue weighted by atomic mass is 35.5. The van der Waals surface area contributed by atoms with Crippen molar-refractivity contribution < 1.29 is 18.8 Å². The van der Waals surface area contributed by atoms with Crippen molar-refractivity contribution in [3.8, 4) is 22.9 Å². The van der Waals surface area contributed by atoms with Gasteiger partial charge in [-0.05, 0) is 32.9 Å². The van der Waals surface area contributed by atoms with Crippen LogP contribution in [-0.4, -0.2) is 48.1 Å². The molecule has 0 spiro atoms. The molecule has 0 aliphatic heterocycles. The van der Waals surface area contributed by atoms with Gasteiger partial charge in [-0.2, -0.15) is 5.10 Å². The van der Waals surface area contributed by atoms with Crippen LogP contribution in [-0.2, 0) is 16.7 Å². The van der Waals surface area contributed by atoms with Gasteiger partial charge in [0.1, 0.15) is 23.5 Å². The zero-order chi connectivity index (χ0) is 23.6. The molecule has 0 radical (unpaired) electrons. The van der Waals surface area contributed by atoms with Crippen LogP contribution in [0.1, 0.15) is 32.0 Å². The summed E-state index contributed by atoms with van der Waals surface area (Å²) in [4.78, 5) is 4.54. The van der Waals surface area contributed by atoms with E-state index >= 15 is 0 Å². The molecule has 0 fully saturated rings. The minimum Gasteiger partial charge on any atom is -0.367 e. The number of aliphatic hydroxyl groups is 1. The van der Waals surface area contributed by atoms with Crippen molar-refractivity contribution in [2.24, 2.45) is 0 Å². The van der Waals surface area contributed by atoms with E-state index in [9.17, 15) is 9.50 Å². The Bertz CT molecular complexity index is 1240. The second kappa shape index (κ2) is 9.34. The van der Waals surface area contributed by atoms with Crippen LogP contribution in [0.25, 0.3) is 22.9 Å². The molecule has 11 heteroatoms. The van der Waals surface area contributed by atoms with Crippen LogP contribution in [0.3, 0.4) is 0 Å². The lowest BCUT2D eigenvalue weighted by Crippen LogP contribution is -2.37. The molecule has 33 heavy (non-hydrogen) atoms. The van der Waals surface area contributed by atoms with E-state index in [1.165, 1.54) is 12.3 Å². The number of halogens is 2. The number of benzene rings is 1.